The minimum Gasteiger partial charge on any atom is -0.490 e. The molecule has 0 bridgehead atoms. The van der Waals surface area contributed by atoms with Gasteiger partial charge < -0.3 is 15.4 Å². The van der Waals surface area contributed by atoms with Crippen LogP contribution in [0.5, 0.6) is 5.75 Å². The molecule has 0 saturated heterocycles. The number of para-hydroxylation sites is 1. The molecule has 1 unspecified atom stereocenters. The summed E-state index contributed by atoms with van der Waals surface area (Å²) >= 11 is 0. The van der Waals surface area contributed by atoms with Crippen molar-refractivity contribution in [2.75, 3.05) is 0 Å². The minimum absolute atomic E-state index is 0.0158. The summed E-state index contributed by atoms with van der Waals surface area (Å²) in [6, 6.07) is 13.2. The lowest BCUT2D eigenvalue weighted by atomic mass is 10.1. The van der Waals surface area contributed by atoms with Crippen LogP contribution in [0.1, 0.15) is 49.8 Å². The Morgan fingerprint density at radius 1 is 1.17 bits per heavy atom. The van der Waals surface area contributed by atoms with Crippen LogP contribution < -0.4 is 20.5 Å². The first-order valence-electron chi connectivity index (χ1n) is 9.74. The molecule has 4 N–H and O–H groups in total. The number of nitrogens with two attached hydrogens (primary N) is 1. The Morgan fingerprint density at radius 3 is 2.62 bits per heavy atom. The van der Waals surface area contributed by atoms with Crippen LogP contribution in [-0.2, 0) is 16.6 Å². The van der Waals surface area contributed by atoms with E-state index in [9.17, 15) is 13.2 Å². The van der Waals surface area contributed by atoms with Gasteiger partial charge in [-0.15, -0.1) is 0 Å². The van der Waals surface area contributed by atoms with E-state index in [2.05, 4.69) is 10.6 Å². The molecule has 0 radical (unpaired) electrons. The lowest BCUT2D eigenvalue weighted by molar-refractivity contribution is 0.207. The number of rotatable bonds is 7. The molecule has 0 aliphatic heterocycles. The highest BCUT2D eigenvalue weighted by Crippen LogP contribution is 2.26. The van der Waals surface area contributed by atoms with Crippen molar-refractivity contribution in [3.8, 4) is 5.75 Å². The molecule has 1 saturated carbocycles. The van der Waals surface area contributed by atoms with Crippen LogP contribution in [-0.4, -0.2) is 20.6 Å². The maximum atomic E-state index is 12.3. The van der Waals surface area contributed by atoms with Crippen LogP contribution in [0.3, 0.4) is 0 Å². The molecular weight excluding hydrogens is 390 g/mol. The topological polar surface area (TPSA) is 111 Å². The number of carbonyl (C=O) groups is 1. The van der Waals surface area contributed by atoms with Gasteiger partial charge in [0.25, 0.3) is 0 Å². The van der Waals surface area contributed by atoms with E-state index in [4.69, 9.17) is 9.88 Å². The number of primary sulfonamides is 1. The Balaban J connectivity index is 1.58. The summed E-state index contributed by atoms with van der Waals surface area (Å²) in [7, 11) is -3.79. The smallest absolute Gasteiger partial charge is 0.315 e. The zero-order valence-corrected chi connectivity index (χ0v) is 17.2. The first-order valence-corrected chi connectivity index (χ1v) is 11.3. The van der Waals surface area contributed by atoms with Crippen LogP contribution >= 0.6 is 0 Å². The van der Waals surface area contributed by atoms with Gasteiger partial charge in [0.15, 0.2) is 0 Å². The van der Waals surface area contributed by atoms with Crippen LogP contribution in [0, 0.1) is 0 Å². The summed E-state index contributed by atoms with van der Waals surface area (Å²) in [5.41, 5.74) is 1.56. The number of nitrogens with one attached hydrogen (secondary N) is 2. The zero-order chi connectivity index (χ0) is 20.9. The van der Waals surface area contributed by atoms with Crippen molar-refractivity contribution in [2.45, 2.75) is 56.2 Å². The van der Waals surface area contributed by atoms with Crippen molar-refractivity contribution in [1.29, 1.82) is 0 Å². The number of hydrogen-bond donors (Lipinski definition) is 3. The molecule has 8 heteroatoms. The van der Waals surface area contributed by atoms with Gasteiger partial charge in [0.2, 0.25) is 10.0 Å². The summed E-state index contributed by atoms with van der Waals surface area (Å²) in [6.07, 6.45) is 4.77. The van der Waals surface area contributed by atoms with Crippen LogP contribution in [0.2, 0.25) is 0 Å². The molecule has 2 amide bonds. The monoisotopic (exact) mass is 417 g/mol. The number of urea groups is 1. The lowest BCUT2D eigenvalue weighted by Gasteiger charge is -2.18. The number of carbonyl (C=O) groups excluding carboxylic acids is 1. The van der Waals surface area contributed by atoms with Crippen LogP contribution in [0.4, 0.5) is 4.79 Å². The van der Waals surface area contributed by atoms with Gasteiger partial charge in [0, 0.05) is 12.1 Å². The first kappa shape index (κ1) is 21.1. The van der Waals surface area contributed by atoms with E-state index < -0.39 is 10.0 Å². The van der Waals surface area contributed by atoms with Gasteiger partial charge in [-0.1, -0.05) is 30.3 Å². The fraction of sp³-hybridized carbons (Fsp3) is 0.381. The number of amides is 2. The lowest BCUT2D eigenvalue weighted by Crippen LogP contribution is -2.36. The number of sulfonamides is 1. The van der Waals surface area contributed by atoms with E-state index in [-0.39, 0.29) is 23.1 Å². The third-order valence-corrected chi connectivity index (χ3v) is 5.95. The molecule has 0 aromatic heterocycles. The molecule has 156 valence electrons. The standard InChI is InChI=1S/C21H27N3O4S/c1-15(16-8-6-11-19(13-16)29(22,26)27)24-21(25)23-14-17-7-2-5-12-20(17)28-18-9-3-4-10-18/h2,5-8,11-13,15,18H,3-4,9-10,14H2,1H3,(H2,22,26,27)(H2,23,24,25). The van der Waals surface area contributed by atoms with Gasteiger partial charge in [-0.25, -0.2) is 18.4 Å². The van der Waals surface area contributed by atoms with Crippen molar-refractivity contribution in [3.05, 3.63) is 59.7 Å². The fourth-order valence-electron chi connectivity index (χ4n) is 3.42. The van der Waals surface area contributed by atoms with Crippen molar-refractivity contribution in [2.24, 2.45) is 5.14 Å². The van der Waals surface area contributed by atoms with E-state index >= 15 is 0 Å². The van der Waals surface area contributed by atoms with Crippen molar-refractivity contribution in [1.82, 2.24) is 10.6 Å². The van der Waals surface area contributed by atoms with E-state index in [1.807, 2.05) is 24.3 Å². The van der Waals surface area contributed by atoms with E-state index in [0.717, 1.165) is 24.2 Å². The van der Waals surface area contributed by atoms with E-state index in [0.29, 0.717) is 12.1 Å². The molecule has 1 fully saturated rings. The average molecular weight is 418 g/mol. The van der Waals surface area contributed by atoms with Crippen LogP contribution in [0.25, 0.3) is 0 Å². The average Bonchev–Trinajstić information content (AvgIpc) is 3.20. The number of hydrogen-bond acceptors (Lipinski definition) is 4. The second kappa shape index (κ2) is 9.28. The summed E-state index contributed by atoms with van der Waals surface area (Å²) in [4.78, 5) is 12.3. The van der Waals surface area contributed by atoms with Crippen molar-refractivity contribution >= 4 is 16.1 Å². The molecule has 1 atom stereocenters. The van der Waals surface area contributed by atoms with Gasteiger partial charge >= 0.3 is 6.03 Å². The van der Waals surface area contributed by atoms with E-state index in [1.54, 1.807) is 19.1 Å². The van der Waals surface area contributed by atoms with Crippen LogP contribution in [0.15, 0.2) is 53.4 Å². The predicted molar refractivity (Wildman–Crippen MR) is 111 cm³/mol. The minimum atomic E-state index is -3.79. The molecule has 3 rings (SSSR count). The largest absolute Gasteiger partial charge is 0.490 e. The van der Waals surface area contributed by atoms with Crippen molar-refractivity contribution in [3.63, 3.8) is 0 Å². The maximum absolute atomic E-state index is 12.3. The highest BCUT2D eigenvalue weighted by Gasteiger charge is 2.18. The quantitative estimate of drug-likeness (QED) is 0.642. The molecule has 7 nitrogen and oxygen atoms in total. The third kappa shape index (κ3) is 5.95. The zero-order valence-electron chi connectivity index (χ0n) is 16.4. The Labute approximate surface area is 171 Å². The maximum Gasteiger partial charge on any atom is 0.315 e. The third-order valence-electron chi connectivity index (χ3n) is 5.04. The summed E-state index contributed by atoms with van der Waals surface area (Å²) < 4.78 is 29.1. The Kier molecular flexibility index (Phi) is 6.76. The van der Waals surface area contributed by atoms with Gasteiger partial charge in [-0.2, -0.15) is 0 Å². The highest BCUT2D eigenvalue weighted by atomic mass is 32.2. The summed E-state index contributed by atoms with van der Waals surface area (Å²) in [6.45, 7) is 2.11. The predicted octanol–water partition coefficient (Wildman–Crippen LogP) is 3.22. The molecule has 2 aromatic rings. The summed E-state index contributed by atoms with van der Waals surface area (Å²) in [5.74, 6) is 0.800. The Morgan fingerprint density at radius 2 is 1.90 bits per heavy atom. The summed E-state index contributed by atoms with van der Waals surface area (Å²) in [5, 5.41) is 10.8. The van der Waals surface area contributed by atoms with Crippen molar-refractivity contribution < 1.29 is 17.9 Å². The molecule has 29 heavy (non-hydrogen) atoms. The SMILES string of the molecule is CC(NC(=O)NCc1ccccc1OC1CCCC1)c1cccc(S(N)(=O)=O)c1. The second-order valence-corrected chi connectivity index (χ2v) is 8.86. The molecule has 0 heterocycles. The molecule has 1 aliphatic rings. The molecular formula is C21H27N3O4S. The van der Waals surface area contributed by atoms with Gasteiger partial charge in [-0.3, -0.25) is 0 Å². The van der Waals surface area contributed by atoms with E-state index in [1.165, 1.54) is 25.0 Å². The fourth-order valence-corrected chi connectivity index (χ4v) is 3.99. The van der Waals surface area contributed by atoms with Gasteiger partial charge in [0.05, 0.1) is 17.0 Å². The first-order chi connectivity index (χ1) is 13.8. The molecule has 1 aliphatic carbocycles. The Bertz CT molecular complexity index is 956. The number of benzene rings is 2. The highest BCUT2D eigenvalue weighted by molar-refractivity contribution is 7.89. The van der Waals surface area contributed by atoms with Gasteiger partial charge in [-0.05, 0) is 56.4 Å². The molecule has 0 spiro atoms. The molecule has 2 aromatic carbocycles. The van der Waals surface area contributed by atoms with Gasteiger partial charge in [0.1, 0.15) is 5.75 Å². The normalized spacial score (nSPS) is 15.7. The second-order valence-electron chi connectivity index (χ2n) is 7.30. The Hall–Kier alpha value is -2.58. The number of ether oxygens (including phenoxy) is 1.